The Balaban J connectivity index is 2.14. The molecule has 0 unspecified atom stereocenters. The predicted octanol–water partition coefficient (Wildman–Crippen LogP) is 4.84. The van der Waals surface area contributed by atoms with Crippen molar-refractivity contribution in [3.05, 3.63) is 35.9 Å². The normalized spacial score (nSPS) is 19.9. The van der Waals surface area contributed by atoms with E-state index in [-0.39, 0.29) is 0 Å². The van der Waals surface area contributed by atoms with Crippen molar-refractivity contribution in [1.82, 2.24) is 0 Å². The summed E-state index contributed by atoms with van der Waals surface area (Å²) in [7, 11) is 0. The van der Waals surface area contributed by atoms with Gasteiger partial charge < -0.3 is 0 Å². The third kappa shape index (κ3) is 2.48. The van der Waals surface area contributed by atoms with Crippen molar-refractivity contribution < 1.29 is 0 Å². The molecule has 1 aliphatic rings. The first kappa shape index (κ1) is 11.7. The molecule has 0 heteroatoms. The zero-order chi connectivity index (χ0) is 11.4. The van der Waals surface area contributed by atoms with Crippen LogP contribution in [0.5, 0.6) is 0 Å². The second kappa shape index (κ2) is 5.03. The van der Waals surface area contributed by atoms with Gasteiger partial charge in [-0.2, -0.15) is 0 Å². The quantitative estimate of drug-likeness (QED) is 0.678. The molecule has 0 bridgehead atoms. The average Bonchev–Trinajstić information content (AvgIpc) is 2.31. The highest BCUT2D eigenvalue weighted by molar-refractivity contribution is 5.17. The van der Waals surface area contributed by atoms with Crippen molar-refractivity contribution >= 4 is 0 Å². The van der Waals surface area contributed by atoms with Gasteiger partial charge in [0, 0.05) is 0 Å². The Labute approximate surface area is 100 Å². The van der Waals surface area contributed by atoms with Crippen LogP contribution in [0.2, 0.25) is 0 Å². The van der Waals surface area contributed by atoms with Gasteiger partial charge in [0.1, 0.15) is 0 Å². The molecule has 0 heterocycles. The molecule has 0 N–H and O–H groups in total. The van der Waals surface area contributed by atoms with Crippen LogP contribution in [0.4, 0.5) is 0 Å². The van der Waals surface area contributed by atoms with Gasteiger partial charge in [-0.25, -0.2) is 0 Å². The van der Waals surface area contributed by atoms with Gasteiger partial charge >= 0.3 is 0 Å². The van der Waals surface area contributed by atoms with E-state index in [0.29, 0.717) is 5.41 Å². The van der Waals surface area contributed by atoms with Gasteiger partial charge in [-0.15, -0.1) is 0 Å². The zero-order valence-corrected chi connectivity index (χ0v) is 10.7. The fourth-order valence-corrected chi connectivity index (χ4v) is 3.22. The summed E-state index contributed by atoms with van der Waals surface area (Å²) in [4.78, 5) is 0. The average molecular weight is 216 g/mol. The fourth-order valence-electron chi connectivity index (χ4n) is 3.22. The molecule has 0 nitrogen and oxygen atoms in total. The van der Waals surface area contributed by atoms with Crippen LogP contribution in [0.25, 0.3) is 0 Å². The van der Waals surface area contributed by atoms with Crippen molar-refractivity contribution in [3.8, 4) is 0 Å². The van der Waals surface area contributed by atoms with Crippen LogP contribution in [0.1, 0.15) is 51.5 Å². The number of hydrogen-bond acceptors (Lipinski definition) is 0. The van der Waals surface area contributed by atoms with Gasteiger partial charge in [0.15, 0.2) is 0 Å². The predicted molar refractivity (Wildman–Crippen MR) is 70.5 cm³/mol. The minimum atomic E-state index is 0.583. The van der Waals surface area contributed by atoms with Gasteiger partial charge in [0.25, 0.3) is 0 Å². The Kier molecular flexibility index (Phi) is 3.68. The summed E-state index contributed by atoms with van der Waals surface area (Å²) >= 11 is 0. The minimum absolute atomic E-state index is 0.583. The van der Waals surface area contributed by atoms with Crippen LogP contribution in [0, 0.1) is 11.3 Å². The molecule has 0 spiro atoms. The first-order valence-electron chi connectivity index (χ1n) is 6.77. The third-order valence-electron chi connectivity index (χ3n) is 4.47. The summed E-state index contributed by atoms with van der Waals surface area (Å²) in [5.74, 6) is 0.813. The van der Waals surface area contributed by atoms with Crippen LogP contribution in [0.3, 0.4) is 0 Å². The Morgan fingerprint density at radius 3 is 2.19 bits per heavy atom. The lowest BCUT2D eigenvalue weighted by Crippen LogP contribution is -2.32. The lowest BCUT2D eigenvalue weighted by atomic mass is 9.64. The molecule has 0 radical (unpaired) electrons. The smallest absolute Gasteiger partial charge is 0.0220 e. The van der Waals surface area contributed by atoms with Crippen molar-refractivity contribution in [2.45, 2.75) is 52.4 Å². The molecule has 1 aromatic carbocycles. The van der Waals surface area contributed by atoms with E-state index in [4.69, 9.17) is 0 Å². The van der Waals surface area contributed by atoms with Crippen LogP contribution >= 0.6 is 0 Å². The van der Waals surface area contributed by atoms with Gasteiger partial charge in [0.05, 0.1) is 0 Å². The molecule has 88 valence electrons. The molecule has 0 saturated heterocycles. The SMILES string of the molecule is CC(C)C1(Cc2ccccc2)CCCCC1. The zero-order valence-electron chi connectivity index (χ0n) is 10.7. The van der Waals surface area contributed by atoms with E-state index in [0.717, 1.165) is 5.92 Å². The molecule has 0 amide bonds. The molecule has 1 saturated carbocycles. The molecule has 1 aromatic rings. The maximum absolute atomic E-state index is 2.41. The standard InChI is InChI=1S/C16H24/c1-14(2)16(11-7-4-8-12-16)13-15-9-5-3-6-10-15/h3,5-6,9-10,14H,4,7-8,11-13H2,1-2H3. The van der Waals surface area contributed by atoms with Crippen molar-refractivity contribution in [1.29, 1.82) is 0 Å². The summed E-state index contributed by atoms with van der Waals surface area (Å²) in [5, 5.41) is 0. The summed E-state index contributed by atoms with van der Waals surface area (Å²) in [6.45, 7) is 4.82. The first-order chi connectivity index (χ1) is 7.73. The van der Waals surface area contributed by atoms with E-state index in [9.17, 15) is 0 Å². The van der Waals surface area contributed by atoms with Gasteiger partial charge in [-0.1, -0.05) is 63.4 Å². The van der Waals surface area contributed by atoms with Crippen LogP contribution in [-0.4, -0.2) is 0 Å². The third-order valence-corrected chi connectivity index (χ3v) is 4.47. The largest absolute Gasteiger partial charge is 0.0622 e. The highest BCUT2D eigenvalue weighted by Crippen LogP contribution is 2.44. The van der Waals surface area contributed by atoms with E-state index in [2.05, 4.69) is 44.2 Å². The Morgan fingerprint density at radius 2 is 1.62 bits per heavy atom. The Bertz CT molecular complexity index is 304. The topological polar surface area (TPSA) is 0 Å². The lowest BCUT2D eigenvalue weighted by molar-refractivity contribution is 0.118. The maximum Gasteiger partial charge on any atom is -0.0220 e. The van der Waals surface area contributed by atoms with E-state index < -0.39 is 0 Å². The number of rotatable bonds is 3. The second-order valence-corrected chi connectivity index (χ2v) is 5.74. The van der Waals surface area contributed by atoms with Crippen LogP contribution in [0.15, 0.2) is 30.3 Å². The monoisotopic (exact) mass is 216 g/mol. The first-order valence-corrected chi connectivity index (χ1v) is 6.77. The molecule has 0 atom stereocenters. The number of hydrogen-bond donors (Lipinski definition) is 0. The Hall–Kier alpha value is -0.780. The Morgan fingerprint density at radius 1 is 1.00 bits per heavy atom. The van der Waals surface area contributed by atoms with E-state index in [1.165, 1.54) is 44.1 Å². The molecule has 2 rings (SSSR count). The molecule has 1 aliphatic carbocycles. The molecular formula is C16H24. The summed E-state index contributed by atoms with van der Waals surface area (Å²) in [6.07, 6.45) is 8.46. The second-order valence-electron chi connectivity index (χ2n) is 5.74. The maximum atomic E-state index is 2.41. The summed E-state index contributed by atoms with van der Waals surface area (Å²) < 4.78 is 0. The summed E-state index contributed by atoms with van der Waals surface area (Å²) in [5.41, 5.74) is 2.11. The lowest BCUT2D eigenvalue weighted by Gasteiger charge is -2.41. The van der Waals surface area contributed by atoms with E-state index >= 15 is 0 Å². The number of benzene rings is 1. The molecule has 1 fully saturated rings. The van der Waals surface area contributed by atoms with Crippen LogP contribution < -0.4 is 0 Å². The van der Waals surface area contributed by atoms with E-state index in [1.54, 1.807) is 0 Å². The highest BCUT2D eigenvalue weighted by atomic mass is 14.4. The van der Waals surface area contributed by atoms with Crippen molar-refractivity contribution in [2.75, 3.05) is 0 Å². The van der Waals surface area contributed by atoms with Crippen molar-refractivity contribution in [3.63, 3.8) is 0 Å². The van der Waals surface area contributed by atoms with Crippen molar-refractivity contribution in [2.24, 2.45) is 11.3 Å². The van der Waals surface area contributed by atoms with Crippen LogP contribution in [-0.2, 0) is 6.42 Å². The highest BCUT2D eigenvalue weighted by Gasteiger charge is 2.34. The molecule has 0 aromatic heterocycles. The van der Waals surface area contributed by atoms with E-state index in [1.807, 2.05) is 0 Å². The summed E-state index contributed by atoms with van der Waals surface area (Å²) in [6, 6.07) is 11.0. The molecule has 16 heavy (non-hydrogen) atoms. The van der Waals surface area contributed by atoms with Gasteiger partial charge in [0.2, 0.25) is 0 Å². The molecule has 0 aliphatic heterocycles. The van der Waals surface area contributed by atoms with Gasteiger partial charge in [-0.05, 0) is 36.2 Å². The fraction of sp³-hybridized carbons (Fsp3) is 0.625. The molecular weight excluding hydrogens is 192 g/mol. The minimum Gasteiger partial charge on any atom is -0.0622 e. The van der Waals surface area contributed by atoms with Gasteiger partial charge in [-0.3, -0.25) is 0 Å².